The lowest BCUT2D eigenvalue weighted by Crippen LogP contribution is -2.07. The summed E-state index contributed by atoms with van der Waals surface area (Å²) in [6, 6.07) is 3.17. The number of alkyl halides is 1. The number of nitrogens with zero attached hydrogens (tertiary/aromatic N) is 1. The maximum absolute atomic E-state index is 11.3. The standard InChI is InChI=1S/C9H9BrClNO2/c1-5(10)8-6(9(13)14-2)3-4-7(11)12-8/h3-5H,1-2H3. The minimum atomic E-state index is -0.407. The van der Waals surface area contributed by atoms with Gasteiger partial charge in [0.15, 0.2) is 0 Å². The van der Waals surface area contributed by atoms with E-state index in [0.717, 1.165) is 0 Å². The first kappa shape index (κ1) is 11.5. The Morgan fingerprint density at radius 1 is 1.64 bits per heavy atom. The highest BCUT2D eigenvalue weighted by atomic mass is 79.9. The Hall–Kier alpha value is -0.610. The highest BCUT2D eigenvalue weighted by Crippen LogP contribution is 2.25. The monoisotopic (exact) mass is 277 g/mol. The lowest BCUT2D eigenvalue weighted by molar-refractivity contribution is 0.0599. The fourth-order valence-electron chi connectivity index (χ4n) is 1.04. The number of pyridine rings is 1. The molecule has 1 aromatic heterocycles. The molecule has 0 aliphatic carbocycles. The van der Waals surface area contributed by atoms with Crippen LogP contribution in [0.25, 0.3) is 0 Å². The molecule has 1 unspecified atom stereocenters. The molecule has 0 aromatic carbocycles. The van der Waals surface area contributed by atoms with E-state index in [1.165, 1.54) is 7.11 Å². The molecule has 14 heavy (non-hydrogen) atoms. The summed E-state index contributed by atoms with van der Waals surface area (Å²) >= 11 is 9.06. The van der Waals surface area contributed by atoms with Crippen LogP contribution in [0.2, 0.25) is 5.15 Å². The van der Waals surface area contributed by atoms with Crippen molar-refractivity contribution in [2.24, 2.45) is 0 Å². The fourth-order valence-corrected chi connectivity index (χ4v) is 1.54. The molecule has 3 nitrogen and oxygen atoms in total. The predicted octanol–water partition coefficient (Wildman–Crippen LogP) is 2.98. The van der Waals surface area contributed by atoms with Gasteiger partial charge in [-0.25, -0.2) is 9.78 Å². The third kappa shape index (κ3) is 2.45. The maximum Gasteiger partial charge on any atom is 0.339 e. The van der Waals surface area contributed by atoms with Crippen LogP contribution in [0.5, 0.6) is 0 Å². The van der Waals surface area contributed by atoms with Crippen LogP contribution in [0.1, 0.15) is 27.8 Å². The zero-order valence-electron chi connectivity index (χ0n) is 7.75. The fraction of sp³-hybridized carbons (Fsp3) is 0.333. The van der Waals surface area contributed by atoms with Crippen molar-refractivity contribution in [1.82, 2.24) is 4.98 Å². The van der Waals surface area contributed by atoms with Crippen molar-refractivity contribution < 1.29 is 9.53 Å². The van der Waals surface area contributed by atoms with Crippen LogP contribution in [0.4, 0.5) is 0 Å². The Morgan fingerprint density at radius 2 is 2.29 bits per heavy atom. The highest BCUT2D eigenvalue weighted by Gasteiger charge is 2.16. The van der Waals surface area contributed by atoms with Gasteiger partial charge in [-0.1, -0.05) is 27.5 Å². The molecule has 0 saturated heterocycles. The summed E-state index contributed by atoms with van der Waals surface area (Å²) in [6.07, 6.45) is 0. The molecule has 0 spiro atoms. The van der Waals surface area contributed by atoms with Crippen molar-refractivity contribution in [3.63, 3.8) is 0 Å². The number of esters is 1. The molecule has 0 saturated carbocycles. The summed E-state index contributed by atoms with van der Waals surface area (Å²) < 4.78 is 4.62. The third-order valence-electron chi connectivity index (χ3n) is 1.67. The number of hydrogen-bond donors (Lipinski definition) is 0. The van der Waals surface area contributed by atoms with Gasteiger partial charge in [-0.15, -0.1) is 0 Å². The summed E-state index contributed by atoms with van der Waals surface area (Å²) in [6.45, 7) is 1.87. The Bertz CT molecular complexity index is 355. The number of methoxy groups -OCH3 is 1. The molecule has 1 heterocycles. The number of aromatic nitrogens is 1. The lowest BCUT2D eigenvalue weighted by Gasteiger charge is -2.08. The molecule has 1 atom stereocenters. The summed E-state index contributed by atoms with van der Waals surface area (Å²) in [7, 11) is 1.33. The molecular formula is C9H9BrClNO2. The van der Waals surface area contributed by atoms with E-state index in [1.54, 1.807) is 12.1 Å². The second kappa shape index (κ2) is 4.75. The van der Waals surface area contributed by atoms with Gasteiger partial charge in [-0.05, 0) is 19.1 Å². The average Bonchev–Trinajstić information content (AvgIpc) is 2.16. The molecule has 0 aliphatic heterocycles. The zero-order valence-corrected chi connectivity index (χ0v) is 10.1. The van der Waals surface area contributed by atoms with Gasteiger partial charge < -0.3 is 4.74 Å². The van der Waals surface area contributed by atoms with Gasteiger partial charge in [-0.3, -0.25) is 0 Å². The van der Waals surface area contributed by atoms with E-state index in [4.69, 9.17) is 11.6 Å². The number of rotatable bonds is 2. The van der Waals surface area contributed by atoms with E-state index in [2.05, 4.69) is 25.7 Å². The van der Waals surface area contributed by atoms with Crippen LogP contribution < -0.4 is 0 Å². The normalized spacial score (nSPS) is 12.3. The zero-order chi connectivity index (χ0) is 10.7. The van der Waals surface area contributed by atoms with Crippen molar-refractivity contribution >= 4 is 33.5 Å². The molecule has 5 heteroatoms. The van der Waals surface area contributed by atoms with Crippen LogP contribution in [-0.2, 0) is 4.74 Å². The first-order chi connectivity index (χ1) is 6.56. The minimum absolute atomic E-state index is 0.0460. The number of halogens is 2. The Labute approximate surface area is 95.6 Å². The average molecular weight is 279 g/mol. The van der Waals surface area contributed by atoms with E-state index < -0.39 is 5.97 Å². The van der Waals surface area contributed by atoms with Crippen LogP contribution in [0, 0.1) is 0 Å². The van der Waals surface area contributed by atoms with Gasteiger partial charge in [-0.2, -0.15) is 0 Å². The van der Waals surface area contributed by atoms with Crippen LogP contribution in [0.3, 0.4) is 0 Å². The van der Waals surface area contributed by atoms with E-state index >= 15 is 0 Å². The van der Waals surface area contributed by atoms with Crippen molar-refractivity contribution in [2.75, 3.05) is 7.11 Å². The van der Waals surface area contributed by atoms with Crippen LogP contribution in [-0.4, -0.2) is 18.1 Å². The molecule has 0 N–H and O–H groups in total. The van der Waals surface area contributed by atoms with E-state index in [1.807, 2.05) is 6.92 Å². The smallest absolute Gasteiger partial charge is 0.339 e. The van der Waals surface area contributed by atoms with Crippen LogP contribution >= 0.6 is 27.5 Å². The lowest BCUT2D eigenvalue weighted by atomic mass is 10.1. The maximum atomic E-state index is 11.3. The first-order valence-corrected chi connectivity index (χ1v) is 5.24. The summed E-state index contributed by atoms with van der Waals surface area (Å²) in [5.41, 5.74) is 1.02. The van der Waals surface area contributed by atoms with Crippen LogP contribution in [0.15, 0.2) is 12.1 Å². The molecule has 0 bridgehead atoms. The molecule has 1 aromatic rings. The van der Waals surface area contributed by atoms with Crippen molar-refractivity contribution in [3.05, 3.63) is 28.5 Å². The third-order valence-corrected chi connectivity index (χ3v) is 2.32. The molecule has 0 aliphatic rings. The Kier molecular flexibility index (Phi) is 3.89. The molecule has 0 fully saturated rings. The summed E-state index contributed by atoms with van der Waals surface area (Å²) in [5.74, 6) is -0.407. The predicted molar refractivity (Wildman–Crippen MR) is 57.9 cm³/mol. The number of hydrogen-bond acceptors (Lipinski definition) is 3. The van der Waals surface area contributed by atoms with Gasteiger partial charge in [0.2, 0.25) is 0 Å². The second-order valence-corrected chi connectivity index (χ2v) is 4.44. The number of carbonyl (C=O) groups excluding carboxylic acids is 1. The number of carbonyl (C=O) groups is 1. The Balaban J connectivity index is 3.21. The topological polar surface area (TPSA) is 39.2 Å². The largest absolute Gasteiger partial charge is 0.465 e. The first-order valence-electron chi connectivity index (χ1n) is 3.95. The molecule has 1 rings (SSSR count). The quantitative estimate of drug-likeness (QED) is 0.474. The van der Waals surface area contributed by atoms with Crippen molar-refractivity contribution in [2.45, 2.75) is 11.8 Å². The van der Waals surface area contributed by atoms with Gasteiger partial charge in [0.25, 0.3) is 0 Å². The van der Waals surface area contributed by atoms with Crippen molar-refractivity contribution in [1.29, 1.82) is 0 Å². The summed E-state index contributed by atoms with van der Waals surface area (Å²) in [5, 5.41) is 0.360. The molecule has 76 valence electrons. The van der Waals surface area contributed by atoms with Gasteiger partial charge in [0, 0.05) is 0 Å². The molecule has 0 radical (unpaired) electrons. The van der Waals surface area contributed by atoms with E-state index in [-0.39, 0.29) is 4.83 Å². The molecular weight excluding hydrogens is 269 g/mol. The second-order valence-electron chi connectivity index (χ2n) is 2.67. The minimum Gasteiger partial charge on any atom is -0.465 e. The van der Waals surface area contributed by atoms with Gasteiger partial charge in [0.1, 0.15) is 5.15 Å². The van der Waals surface area contributed by atoms with Gasteiger partial charge >= 0.3 is 5.97 Å². The highest BCUT2D eigenvalue weighted by molar-refractivity contribution is 9.09. The summed E-state index contributed by atoms with van der Waals surface area (Å²) in [4.78, 5) is 15.3. The van der Waals surface area contributed by atoms with Crippen molar-refractivity contribution in [3.8, 4) is 0 Å². The van der Waals surface area contributed by atoms with E-state index in [9.17, 15) is 4.79 Å². The Morgan fingerprint density at radius 3 is 2.79 bits per heavy atom. The number of ether oxygens (including phenoxy) is 1. The molecule has 0 amide bonds. The van der Waals surface area contributed by atoms with Gasteiger partial charge in [0.05, 0.1) is 23.2 Å². The van der Waals surface area contributed by atoms with E-state index in [0.29, 0.717) is 16.4 Å². The SMILES string of the molecule is COC(=O)c1ccc(Cl)nc1C(C)Br.